The van der Waals surface area contributed by atoms with Gasteiger partial charge in [0.15, 0.2) is 11.5 Å². The molecular weight excluding hydrogens is 280 g/mol. The van der Waals surface area contributed by atoms with Crippen LogP contribution in [0, 0.1) is 11.3 Å². The van der Waals surface area contributed by atoms with Crippen molar-refractivity contribution in [2.75, 3.05) is 6.61 Å². The first-order valence-electron chi connectivity index (χ1n) is 6.91. The minimum absolute atomic E-state index is 0.191. The molecule has 1 unspecified atom stereocenters. The number of hydrogen-bond donors (Lipinski definition) is 1. The van der Waals surface area contributed by atoms with Crippen molar-refractivity contribution in [3.8, 4) is 17.6 Å². The van der Waals surface area contributed by atoms with Gasteiger partial charge >= 0.3 is 0 Å². The second-order valence-corrected chi connectivity index (χ2v) is 4.89. The molecule has 1 aliphatic heterocycles. The van der Waals surface area contributed by atoms with Crippen molar-refractivity contribution in [3.63, 3.8) is 0 Å². The maximum Gasteiger partial charge on any atom is 0.264 e. The fourth-order valence-electron chi connectivity index (χ4n) is 2.15. The van der Waals surface area contributed by atoms with Crippen molar-refractivity contribution < 1.29 is 14.3 Å². The quantitative estimate of drug-likeness (QED) is 0.940. The van der Waals surface area contributed by atoms with Gasteiger partial charge in [-0.2, -0.15) is 5.26 Å². The summed E-state index contributed by atoms with van der Waals surface area (Å²) < 4.78 is 11.2. The molecule has 2 aromatic carbocycles. The molecule has 0 radical (unpaired) electrons. The molecule has 0 saturated heterocycles. The predicted molar refractivity (Wildman–Crippen MR) is 79.4 cm³/mol. The highest BCUT2D eigenvalue weighted by atomic mass is 16.6. The summed E-state index contributed by atoms with van der Waals surface area (Å²) >= 11 is 0. The first kappa shape index (κ1) is 14.0. The van der Waals surface area contributed by atoms with Gasteiger partial charge in [0.05, 0.1) is 11.6 Å². The van der Waals surface area contributed by atoms with Gasteiger partial charge in [-0.15, -0.1) is 0 Å². The predicted octanol–water partition coefficient (Wildman–Crippen LogP) is 2.01. The molecule has 1 aliphatic rings. The Morgan fingerprint density at radius 1 is 1.18 bits per heavy atom. The van der Waals surface area contributed by atoms with Crippen LogP contribution in [0.2, 0.25) is 0 Å². The lowest BCUT2D eigenvalue weighted by Crippen LogP contribution is -2.43. The van der Waals surface area contributed by atoms with E-state index in [4.69, 9.17) is 14.7 Å². The molecule has 110 valence electrons. The zero-order valence-corrected chi connectivity index (χ0v) is 11.8. The Kier molecular flexibility index (Phi) is 3.92. The molecule has 0 saturated carbocycles. The van der Waals surface area contributed by atoms with Gasteiger partial charge in [0, 0.05) is 6.54 Å². The fraction of sp³-hybridized carbons (Fsp3) is 0.176. The molecule has 5 nitrogen and oxygen atoms in total. The number of nitrogens with one attached hydrogen (secondary N) is 1. The number of fused-ring (bicyclic) bond motifs is 1. The molecule has 0 aliphatic carbocycles. The third-order valence-corrected chi connectivity index (χ3v) is 3.35. The maximum absolute atomic E-state index is 12.1. The van der Waals surface area contributed by atoms with Crippen LogP contribution >= 0.6 is 0 Å². The Bertz CT molecular complexity index is 719. The zero-order chi connectivity index (χ0) is 15.4. The molecule has 0 fully saturated rings. The van der Waals surface area contributed by atoms with E-state index in [1.165, 1.54) is 0 Å². The first-order chi connectivity index (χ1) is 10.8. The summed E-state index contributed by atoms with van der Waals surface area (Å²) in [5.74, 6) is 1.00. The minimum Gasteiger partial charge on any atom is -0.485 e. The van der Waals surface area contributed by atoms with Gasteiger partial charge in [-0.25, -0.2) is 0 Å². The van der Waals surface area contributed by atoms with Crippen LogP contribution in [0.25, 0.3) is 0 Å². The first-order valence-corrected chi connectivity index (χ1v) is 6.91. The van der Waals surface area contributed by atoms with E-state index in [0.29, 0.717) is 23.6 Å². The molecule has 1 amide bonds. The average molecular weight is 294 g/mol. The fourth-order valence-corrected chi connectivity index (χ4v) is 2.15. The number of hydrogen-bond acceptors (Lipinski definition) is 4. The number of nitriles is 1. The summed E-state index contributed by atoms with van der Waals surface area (Å²) in [7, 11) is 0. The average Bonchev–Trinajstić information content (AvgIpc) is 2.59. The van der Waals surface area contributed by atoms with Crippen LogP contribution in [0.4, 0.5) is 0 Å². The van der Waals surface area contributed by atoms with Crippen LogP contribution in [-0.2, 0) is 11.3 Å². The van der Waals surface area contributed by atoms with E-state index in [2.05, 4.69) is 11.4 Å². The summed E-state index contributed by atoms with van der Waals surface area (Å²) in [6.45, 7) is 0.572. The van der Waals surface area contributed by atoms with E-state index >= 15 is 0 Å². The number of ether oxygens (including phenoxy) is 2. The van der Waals surface area contributed by atoms with Crippen LogP contribution in [0.15, 0.2) is 48.5 Å². The summed E-state index contributed by atoms with van der Waals surface area (Å²) in [5.41, 5.74) is 1.51. The van der Waals surface area contributed by atoms with Crippen LogP contribution in [0.5, 0.6) is 11.5 Å². The highest BCUT2D eigenvalue weighted by Gasteiger charge is 2.26. The van der Waals surface area contributed by atoms with E-state index in [9.17, 15) is 4.79 Å². The lowest BCUT2D eigenvalue weighted by atomic mass is 10.1. The summed E-state index contributed by atoms with van der Waals surface area (Å²) in [6, 6.07) is 16.4. The molecule has 1 heterocycles. The van der Waals surface area contributed by atoms with Crippen LogP contribution in [0.3, 0.4) is 0 Å². The summed E-state index contributed by atoms with van der Waals surface area (Å²) in [5, 5.41) is 11.6. The highest BCUT2D eigenvalue weighted by Crippen LogP contribution is 2.30. The largest absolute Gasteiger partial charge is 0.485 e. The lowest BCUT2D eigenvalue weighted by molar-refractivity contribution is -0.130. The van der Waals surface area contributed by atoms with Crippen molar-refractivity contribution in [2.24, 2.45) is 0 Å². The third-order valence-electron chi connectivity index (χ3n) is 3.35. The Balaban J connectivity index is 1.57. The second-order valence-electron chi connectivity index (χ2n) is 4.89. The SMILES string of the molecule is N#Cc1ccc(CNC(=O)C2COc3ccccc3O2)cc1. The van der Waals surface area contributed by atoms with Gasteiger partial charge in [0.25, 0.3) is 5.91 Å². The number of para-hydroxylation sites is 2. The number of carbonyl (C=O) groups is 1. The summed E-state index contributed by atoms with van der Waals surface area (Å²) in [6.07, 6.45) is -0.659. The molecule has 3 rings (SSSR count). The number of nitrogens with zero attached hydrogens (tertiary/aromatic N) is 1. The molecule has 2 aromatic rings. The van der Waals surface area contributed by atoms with Crippen LogP contribution in [0.1, 0.15) is 11.1 Å². The second kappa shape index (κ2) is 6.19. The summed E-state index contributed by atoms with van der Waals surface area (Å²) in [4.78, 5) is 12.1. The Labute approximate surface area is 128 Å². The normalized spacial score (nSPS) is 15.7. The third kappa shape index (κ3) is 3.01. The molecule has 1 N–H and O–H groups in total. The Hall–Kier alpha value is -3.00. The lowest BCUT2D eigenvalue weighted by Gasteiger charge is -2.25. The van der Waals surface area contributed by atoms with Crippen molar-refractivity contribution in [1.29, 1.82) is 5.26 Å². The molecule has 0 aromatic heterocycles. The van der Waals surface area contributed by atoms with Gasteiger partial charge in [0.2, 0.25) is 6.10 Å². The van der Waals surface area contributed by atoms with E-state index in [-0.39, 0.29) is 12.5 Å². The van der Waals surface area contributed by atoms with Crippen LogP contribution in [-0.4, -0.2) is 18.6 Å². The topological polar surface area (TPSA) is 71.4 Å². The molecule has 0 spiro atoms. The van der Waals surface area contributed by atoms with E-state index in [1.807, 2.05) is 24.3 Å². The van der Waals surface area contributed by atoms with Crippen molar-refractivity contribution in [2.45, 2.75) is 12.6 Å². The highest BCUT2D eigenvalue weighted by molar-refractivity contribution is 5.81. The monoisotopic (exact) mass is 294 g/mol. The van der Waals surface area contributed by atoms with E-state index in [0.717, 1.165) is 5.56 Å². The zero-order valence-electron chi connectivity index (χ0n) is 11.8. The van der Waals surface area contributed by atoms with Gasteiger partial charge in [-0.05, 0) is 29.8 Å². The van der Waals surface area contributed by atoms with Gasteiger partial charge in [0.1, 0.15) is 6.61 Å². The number of benzene rings is 2. The number of rotatable bonds is 3. The smallest absolute Gasteiger partial charge is 0.264 e. The van der Waals surface area contributed by atoms with Crippen molar-refractivity contribution >= 4 is 5.91 Å². The van der Waals surface area contributed by atoms with E-state index < -0.39 is 6.10 Å². The molecule has 22 heavy (non-hydrogen) atoms. The molecule has 0 bridgehead atoms. The van der Waals surface area contributed by atoms with Gasteiger partial charge in [-0.1, -0.05) is 24.3 Å². The van der Waals surface area contributed by atoms with Gasteiger partial charge in [-0.3, -0.25) is 4.79 Å². The van der Waals surface area contributed by atoms with E-state index in [1.54, 1.807) is 24.3 Å². The molecular formula is C17H14N2O3. The minimum atomic E-state index is -0.659. The standard InChI is InChI=1S/C17H14N2O3/c18-9-12-5-7-13(8-6-12)10-19-17(20)16-11-21-14-3-1-2-4-15(14)22-16/h1-8,16H,10-11H2,(H,19,20). The molecule has 1 atom stereocenters. The van der Waals surface area contributed by atoms with Crippen molar-refractivity contribution in [1.82, 2.24) is 5.32 Å². The Morgan fingerprint density at radius 3 is 2.64 bits per heavy atom. The number of amides is 1. The maximum atomic E-state index is 12.1. The van der Waals surface area contributed by atoms with Crippen molar-refractivity contribution in [3.05, 3.63) is 59.7 Å². The Morgan fingerprint density at radius 2 is 1.91 bits per heavy atom. The van der Waals surface area contributed by atoms with Gasteiger partial charge < -0.3 is 14.8 Å². The van der Waals surface area contributed by atoms with Crippen LogP contribution < -0.4 is 14.8 Å². The molecule has 5 heteroatoms. The number of carbonyl (C=O) groups excluding carboxylic acids is 1.